The van der Waals surface area contributed by atoms with Crippen molar-refractivity contribution in [1.29, 1.82) is 0 Å². The number of aromatic nitrogens is 2. The number of hydrogen-bond donors (Lipinski definition) is 1. The van der Waals surface area contributed by atoms with E-state index in [-0.39, 0.29) is 23.2 Å². The van der Waals surface area contributed by atoms with Crippen molar-refractivity contribution in [2.45, 2.75) is 32.9 Å². The Morgan fingerprint density at radius 1 is 0.909 bits per heavy atom. The molecule has 4 aromatic rings. The van der Waals surface area contributed by atoms with Crippen LogP contribution in [-0.2, 0) is 13.0 Å². The van der Waals surface area contributed by atoms with E-state index < -0.39 is 0 Å². The third kappa shape index (κ3) is 5.29. The molecule has 1 aromatic heterocycles. The largest absolute Gasteiger partial charge is 0.489 e. The van der Waals surface area contributed by atoms with Gasteiger partial charge in [0, 0.05) is 11.9 Å². The Morgan fingerprint density at radius 2 is 1.58 bits per heavy atom. The van der Waals surface area contributed by atoms with Crippen LogP contribution in [0.15, 0.2) is 83.7 Å². The zero-order valence-corrected chi connectivity index (χ0v) is 18.8. The number of benzene rings is 3. The molecule has 0 saturated heterocycles. The molecule has 1 amide bonds. The summed E-state index contributed by atoms with van der Waals surface area (Å²) in [4.78, 5) is 25.6. The second kappa shape index (κ2) is 10.1. The van der Waals surface area contributed by atoms with Gasteiger partial charge in [-0.25, -0.2) is 4.68 Å². The van der Waals surface area contributed by atoms with E-state index in [0.717, 1.165) is 16.9 Å². The molecule has 1 heterocycles. The Hall–Kier alpha value is -3.93. The van der Waals surface area contributed by atoms with E-state index in [4.69, 9.17) is 4.74 Å². The molecule has 0 radical (unpaired) electrons. The topological polar surface area (TPSA) is 73.2 Å². The first-order chi connectivity index (χ1) is 16.0. The van der Waals surface area contributed by atoms with Crippen molar-refractivity contribution in [3.63, 3.8) is 0 Å². The van der Waals surface area contributed by atoms with Crippen molar-refractivity contribution < 1.29 is 9.53 Å². The van der Waals surface area contributed by atoms with Crippen LogP contribution >= 0.6 is 0 Å². The fraction of sp³-hybridized carbons (Fsp3) is 0.222. The van der Waals surface area contributed by atoms with E-state index in [2.05, 4.69) is 10.4 Å². The first kappa shape index (κ1) is 22.3. The summed E-state index contributed by atoms with van der Waals surface area (Å²) in [6, 6.07) is 24.9. The molecule has 0 spiro atoms. The van der Waals surface area contributed by atoms with Gasteiger partial charge >= 0.3 is 0 Å². The Morgan fingerprint density at radius 3 is 2.27 bits per heavy atom. The Bertz CT molecular complexity index is 1300. The number of rotatable bonds is 8. The van der Waals surface area contributed by atoms with Crippen LogP contribution in [-0.4, -0.2) is 22.2 Å². The van der Waals surface area contributed by atoms with Crippen molar-refractivity contribution in [3.05, 3.63) is 106 Å². The minimum Gasteiger partial charge on any atom is -0.489 e. The van der Waals surface area contributed by atoms with Gasteiger partial charge in [-0.1, -0.05) is 60.7 Å². The monoisotopic (exact) mass is 441 g/mol. The normalized spacial score (nSPS) is 11.0. The SMILES string of the molecule is CC(C)n1nc(C(=O)NCCc2ccc(OCc3ccccc3)cc2)c2ccccc2c1=O. The molecule has 1 N–H and O–H groups in total. The fourth-order valence-electron chi connectivity index (χ4n) is 3.62. The van der Waals surface area contributed by atoms with Crippen LogP contribution in [0, 0.1) is 0 Å². The molecule has 6 nitrogen and oxygen atoms in total. The predicted molar refractivity (Wildman–Crippen MR) is 130 cm³/mol. The van der Waals surface area contributed by atoms with Crippen LogP contribution in [0.3, 0.4) is 0 Å². The molecule has 0 fully saturated rings. The van der Waals surface area contributed by atoms with Crippen molar-refractivity contribution in [3.8, 4) is 5.75 Å². The summed E-state index contributed by atoms with van der Waals surface area (Å²) in [5.41, 5.74) is 2.29. The molecule has 0 unspecified atom stereocenters. The standard InChI is InChI=1S/C27H27N3O3/c1-19(2)30-27(32)24-11-7-6-10-23(24)25(29-30)26(31)28-17-16-20-12-14-22(15-13-20)33-18-21-8-4-3-5-9-21/h3-15,19H,16-18H2,1-2H3,(H,28,31). The quantitative estimate of drug-likeness (QED) is 0.436. The maximum absolute atomic E-state index is 12.9. The number of carbonyl (C=O) groups is 1. The van der Waals surface area contributed by atoms with Gasteiger partial charge in [-0.3, -0.25) is 9.59 Å². The summed E-state index contributed by atoms with van der Waals surface area (Å²) >= 11 is 0. The lowest BCUT2D eigenvalue weighted by Crippen LogP contribution is -2.32. The molecule has 0 aliphatic heterocycles. The number of ether oxygens (including phenoxy) is 1. The molecule has 3 aromatic carbocycles. The summed E-state index contributed by atoms with van der Waals surface area (Å²) in [6.07, 6.45) is 0.673. The average Bonchev–Trinajstić information content (AvgIpc) is 2.84. The fourth-order valence-corrected chi connectivity index (χ4v) is 3.62. The highest BCUT2D eigenvalue weighted by Gasteiger charge is 2.17. The predicted octanol–water partition coefficient (Wildman–Crippen LogP) is 4.53. The van der Waals surface area contributed by atoms with Crippen LogP contribution in [0.1, 0.15) is 41.5 Å². The zero-order valence-electron chi connectivity index (χ0n) is 18.8. The molecule has 0 bridgehead atoms. The molecule has 0 aliphatic carbocycles. The van der Waals surface area contributed by atoms with E-state index in [1.807, 2.05) is 68.4 Å². The van der Waals surface area contributed by atoms with Crippen molar-refractivity contribution in [2.75, 3.05) is 6.54 Å². The summed E-state index contributed by atoms with van der Waals surface area (Å²) in [7, 11) is 0. The number of carbonyl (C=O) groups excluding carboxylic acids is 1. The molecular formula is C27H27N3O3. The van der Waals surface area contributed by atoms with E-state index >= 15 is 0 Å². The first-order valence-electron chi connectivity index (χ1n) is 11.1. The highest BCUT2D eigenvalue weighted by atomic mass is 16.5. The molecule has 0 atom stereocenters. The van der Waals surface area contributed by atoms with E-state index in [1.165, 1.54) is 4.68 Å². The molecule has 0 saturated carbocycles. The summed E-state index contributed by atoms with van der Waals surface area (Å²) in [6.45, 7) is 4.73. The summed E-state index contributed by atoms with van der Waals surface area (Å²) in [5, 5.41) is 8.36. The second-order valence-corrected chi connectivity index (χ2v) is 8.16. The number of amides is 1. The maximum atomic E-state index is 12.9. The van der Waals surface area contributed by atoms with Gasteiger partial charge in [-0.2, -0.15) is 5.10 Å². The molecule has 168 valence electrons. The minimum atomic E-state index is -0.289. The number of hydrogen-bond acceptors (Lipinski definition) is 4. The Labute approximate surface area is 192 Å². The van der Waals surface area contributed by atoms with Crippen LogP contribution in [0.2, 0.25) is 0 Å². The van der Waals surface area contributed by atoms with Crippen LogP contribution < -0.4 is 15.6 Å². The van der Waals surface area contributed by atoms with Crippen molar-refractivity contribution in [1.82, 2.24) is 15.1 Å². The van der Waals surface area contributed by atoms with Gasteiger partial charge < -0.3 is 10.1 Å². The maximum Gasteiger partial charge on any atom is 0.274 e. The lowest BCUT2D eigenvalue weighted by Gasteiger charge is -2.13. The van der Waals surface area contributed by atoms with Gasteiger partial charge in [0.1, 0.15) is 12.4 Å². The number of nitrogens with one attached hydrogen (secondary N) is 1. The van der Waals surface area contributed by atoms with Gasteiger partial charge in [0.05, 0.1) is 11.4 Å². The molecule has 33 heavy (non-hydrogen) atoms. The van der Waals surface area contributed by atoms with Crippen LogP contribution in [0.25, 0.3) is 10.8 Å². The van der Waals surface area contributed by atoms with E-state index in [0.29, 0.717) is 30.3 Å². The average molecular weight is 442 g/mol. The highest BCUT2D eigenvalue weighted by Crippen LogP contribution is 2.16. The second-order valence-electron chi connectivity index (χ2n) is 8.16. The molecular weight excluding hydrogens is 414 g/mol. The van der Waals surface area contributed by atoms with Gasteiger partial charge in [0.25, 0.3) is 11.5 Å². The van der Waals surface area contributed by atoms with E-state index in [1.54, 1.807) is 24.3 Å². The first-order valence-corrected chi connectivity index (χ1v) is 11.1. The van der Waals surface area contributed by atoms with E-state index in [9.17, 15) is 9.59 Å². The van der Waals surface area contributed by atoms with Gasteiger partial charge in [0.2, 0.25) is 0 Å². The van der Waals surface area contributed by atoms with Gasteiger partial charge in [-0.05, 0) is 49.6 Å². The van der Waals surface area contributed by atoms with Gasteiger partial charge in [-0.15, -0.1) is 0 Å². The zero-order chi connectivity index (χ0) is 23.2. The highest BCUT2D eigenvalue weighted by molar-refractivity contribution is 6.04. The van der Waals surface area contributed by atoms with Crippen molar-refractivity contribution in [2.24, 2.45) is 0 Å². The summed E-state index contributed by atoms with van der Waals surface area (Å²) < 4.78 is 7.19. The molecule has 6 heteroatoms. The van der Waals surface area contributed by atoms with Crippen molar-refractivity contribution >= 4 is 16.7 Å². The van der Waals surface area contributed by atoms with Gasteiger partial charge in [0.15, 0.2) is 5.69 Å². The third-order valence-electron chi connectivity index (χ3n) is 5.40. The molecule has 0 aliphatic rings. The Kier molecular flexibility index (Phi) is 6.83. The minimum absolute atomic E-state index is 0.142. The summed E-state index contributed by atoms with van der Waals surface area (Å²) in [5.74, 6) is 0.515. The van der Waals surface area contributed by atoms with Crippen LogP contribution in [0.4, 0.5) is 0 Å². The van der Waals surface area contributed by atoms with Crippen LogP contribution in [0.5, 0.6) is 5.75 Å². The number of fused-ring (bicyclic) bond motifs is 1. The Balaban J connectivity index is 1.38. The lowest BCUT2D eigenvalue weighted by molar-refractivity contribution is 0.0948. The third-order valence-corrected chi connectivity index (χ3v) is 5.40. The molecule has 4 rings (SSSR count). The smallest absolute Gasteiger partial charge is 0.274 e. The number of nitrogens with zero attached hydrogens (tertiary/aromatic N) is 2. The lowest BCUT2D eigenvalue weighted by atomic mass is 10.1.